The summed E-state index contributed by atoms with van der Waals surface area (Å²) in [7, 11) is 0. The van der Waals surface area contributed by atoms with E-state index in [0.717, 1.165) is 18.5 Å². The van der Waals surface area contributed by atoms with Crippen LogP contribution in [-0.2, 0) is 6.42 Å². The molecule has 0 atom stereocenters. The molecule has 0 aliphatic rings. The van der Waals surface area contributed by atoms with Crippen LogP contribution in [0.1, 0.15) is 12.5 Å². The Labute approximate surface area is 108 Å². The van der Waals surface area contributed by atoms with Crippen molar-refractivity contribution in [3.05, 3.63) is 35.6 Å². The summed E-state index contributed by atoms with van der Waals surface area (Å²) in [4.78, 5) is 4.37. The zero-order valence-electron chi connectivity index (χ0n) is 10.5. The minimum atomic E-state index is -0.216. The Kier molecular flexibility index (Phi) is 6.34. The number of rotatable bonds is 5. The first-order valence-electron chi connectivity index (χ1n) is 5.96. The minimum Gasteiger partial charge on any atom is -0.357 e. The van der Waals surface area contributed by atoms with Crippen LogP contribution in [-0.4, -0.2) is 25.6 Å². The summed E-state index contributed by atoms with van der Waals surface area (Å²) >= 11 is 0. The van der Waals surface area contributed by atoms with Gasteiger partial charge in [0.05, 0.1) is 6.54 Å². The number of benzene rings is 1. The molecule has 0 fully saturated rings. The van der Waals surface area contributed by atoms with Gasteiger partial charge in [-0.2, -0.15) is 0 Å². The van der Waals surface area contributed by atoms with E-state index in [4.69, 9.17) is 6.42 Å². The number of hydrogen-bond acceptors (Lipinski definition) is 1. The van der Waals surface area contributed by atoms with Crippen LogP contribution in [0.15, 0.2) is 29.3 Å². The van der Waals surface area contributed by atoms with Crippen LogP contribution in [0.5, 0.6) is 0 Å². The largest absolute Gasteiger partial charge is 0.357 e. The van der Waals surface area contributed by atoms with E-state index in [0.29, 0.717) is 19.0 Å². The molecule has 0 saturated carbocycles. The fraction of sp³-hybridized carbons (Fsp3) is 0.357. The first-order chi connectivity index (χ1) is 8.76. The number of terminal acetylenes is 1. The SMILES string of the molecule is C#CCNC(=NCCc1ccc(F)cc1)NCC. The number of aliphatic imine (C=N–C) groups is 1. The molecule has 0 aliphatic carbocycles. The van der Waals surface area contributed by atoms with E-state index in [1.54, 1.807) is 12.1 Å². The summed E-state index contributed by atoms with van der Waals surface area (Å²) in [5.41, 5.74) is 1.06. The molecule has 2 N–H and O–H groups in total. The smallest absolute Gasteiger partial charge is 0.192 e. The van der Waals surface area contributed by atoms with Gasteiger partial charge in [-0.25, -0.2) is 4.39 Å². The topological polar surface area (TPSA) is 36.4 Å². The standard InChI is InChI=1S/C14H18FN3/c1-3-10-17-14(16-4-2)18-11-9-12-5-7-13(15)8-6-12/h1,5-8H,4,9-11H2,2H3,(H2,16,17,18). The Morgan fingerprint density at radius 1 is 1.33 bits per heavy atom. The van der Waals surface area contributed by atoms with Gasteiger partial charge in [0.2, 0.25) is 0 Å². The summed E-state index contributed by atoms with van der Waals surface area (Å²) < 4.78 is 12.7. The molecule has 0 amide bonds. The summed E-state index contributed by atoms with van der Waals surface area (Å²) in [5.74, 6) is 2.99. The van der Waals surface area contributed by atoms with Gasteiger partial charge in [0.1, 0.15) is 5.82 Å². The number of nitrogens with one attached hydrogen (secondary N) is 2. The van der Waals surface area contributed by atoms with Crippen molar-refractivity contribution in [1.29, 1.82) is 0 Å². The highest BCUT2D eigenvalue weighted by Crippen LogP contribution is 2.03. The second-order valence-corrected chi connectivity index (χ2v) is 3.69. The Balaban J connectivity index is 2.45. The van der Waals surface area contributed by atoms with Crippen molar-refractivity contribution in [1.82, 2.24) is 10.6 Å². The van der Waals surface area contributed by atoms with Crippen LogP contribution in [0.4, 0.5) is 4.39 Å². The maximum atomic E-state index is 12.7. The molecule has 0 bridgehead atoms. The molecular formula is C14H18FN3. The molecule has 0 spiro atoms. The maximum absolute atomic E-state index is 12.7. The van der Waals surface area contributed by atoms with Gasteiger partial charge in [-0.05, 0) is 31.0 Å². The summed E-state index contributed by atoms with van der Waals surface area (Å²) in [6.07, 6.45) is 5.95. The number of hydrogen-bond donors (Lipinski definition) is 2. The van der Waals surface area contributed by atoms with Crippen LogP contribution in [0, 0.1) is 18.2 Å². The Morgan fingerprint density at radius 2 is 2.06 bits per heavy atom. The van der Waals surface area contributed by atoms with Crippen molar-refractivity contribution in [3.8, 4) is 12.3 Å². The Bertz CT molecular complexity index is 418. The van der Waals surface area contributed by atoms with Gasteiger partial charge in [0, 0.05) is 13.1 Å². The lowest BCUT2D eigenvalue weighted by Crippen LogP contribution is -2.37. The molecule has 18 heavy (non-hydrogen) atoms. The highest BCUT2D eigenvalue weighted by atomic mass is 19.1. The molecule has 1 aromatic carbocycles. The lowest BCUT2D eigenvalue weighted by molar-refractivity contribution is 0.627. The fourth-order valence-corrected chi connectivity index (χ4v) is 1.42. The van der Waals surface area contributed by atoms with E-state index in [1.165, 1.54) is 12.1 Å². The van der Waals surface area contributed by atoms with Crippen molar-refractivity contribution in [2.24, 2.45) is 4.99 Å². The van der Waals surface area contributed by atoms with Gasteiger partial charge < -0.3 is 10.6 Å². The van der Waals surface area contributed by atoms with Gasteiger partial charge in [0.15, 0.2) is 5.96 Å². The van der Waals surface area contributed by atoms with E-state index in [2.05, 4.69) is 21.5 Å². The normalized spacial score (nSPS) is 10.8. The molecule has 1 rings (SSSR count). The lowest BCUT2D eigenvalue weighted by atomic mass is 10.1. The van der Waals surface area contributed by atoms with Crippen LogP contribution in [0.3, 0.4) is 0 Å². The zero-order valence-corrected chi connectivity index (χ0v) is 10.5. The molecule has 3 nitrogen and oxygen atoms in total. The van der Waals surface area contributed by atoms with Crippen molar-refractivity contribution >= 4 is 5.96 Å². The van der Waals surface area contributed by atoms with Crippen LogP contribution in [0.2, 0.25) is 0 Å². The second-order valence-electron chi connectivity index (χ2n) is 3.69. The molecule has 0 aliphatic heterocycles. The summed E-state index contributed by atoms with van der Waals surface area (Å²) in [6.45, 7) is 3.86. The predicted octanol–water partition coefficient (Wildman–Crippen LogP) is 1.56. The van der Waals surface area contributed by atoms with Crippen molar-refractivity contribution in [3.63, 3.8) is 0 Å². The Hall–Kier alpha value is -2.02. The van der Waals surface area contributed by atoms with E-state index in [-0.39, 0.29) is 5.82 Å². The molecule has 1 aromatic rings. The van der Waals surface area contributed by atoms with Gasteiger partial charge >= 0.3 is 0 Å². The van der Waals surface area contributed by atoms with Gasteiger partial charge in [-0.15, -0.1) is 6.42 Å². The fourth-order valence-electron chi connectivity index (χ4n) is 1.42. The molecular weight excluding hydrogens is 229 g/mol. The monoisotopic (exact) mass is 247 g/mol. The van der Waals surface area contributed by atoms with Crippen molar-refractivity contribution < 1.29 is 4.39 Å². The zero-order chi connectivity index (χ0) is 13.2. The molecule has 0 heterocycles. The van der Waals surface area contributed by atoms with E-state index in [1.807, 2.05) is 6.92 Å². The quantitative estimate of drug-likeness (QED) is 0.470. The lowest BCUT2D eigenvalue weighted by Gasteiger charge is -2.08. The Morgan fingerprint density at radius 3 is 2.67 bits per heavy atom. The van der Waals surface area contributed by atoms with Crippen molar-refractivity contribution in [2.45, 2.75) is 13.3 Å². The minimum absolute atomic E-state index is 0.216. The molecule has 0 aromatic heterocycles. The molecule has 0 saturated heterocycles. The second kappa shape index (κ2) is 8.13. The summed E-state index contributed by atoms with van der Waals surface area (Å²) in [6, 6.07) is 6.46. The molecule has 0 unspecified atom stereocenters. The van der Waals surface area contributed by atoms with Crippen LogP contribution >= 0.6 is 0 Å². The third kappa shape index (κ3) is 5.35. The summed E-state index contributed by atoms with van der Waals surface area (Å²) in [5, 5.41) is 6.10. The predicted molar refractivity (Wildman–Crippen MR) is 72.9 cm³/mol. The van der Waals surface area contributed by atoms with E-state index in [9.17, 15) is 4.39 Å². The molecule has 0 radical (unpaired) electrons. The molecule has 96 valence electrons. The number of halogens is 1. The number of guanidine groups is 1. The van der Waals surface area contributed by atoms with Crippen LogP contribution < -0.4 is 10.6 Å². The van der Waals surface area contributed by atoms with E-state index >= 15 is 0 Å². The third-order valence-corrected chi connectivity index (χ3v) is 2.29. The van der Waals surface area contributed by atoms with Gasteiger partial charge in [0.25, 0.3) is 0 Å². The van der Waals surface area contributed by atoms with Gasteiger partial charge in [-0.3, -0.25) is 4.99 Å². The highest BCUT2D eigenvalue weighted by Gasteiger charge is 1.96. The third-order valence-electron chi connectivity index (χ3n) is 2.29. The van der Waals surface area contributed by atoms with E-state index < -0.39 is 0 Å². The van der Waals surface area contributed by atoms with Gasteiger partial charge in [-0.1, -0.05) is 18.1 Å². The van der Waals surface area contributed by atoms with Crippen LogP contribution in [0.25, 0.3) is 0 Å². The average Bonchev–Trinajstić information content (AvgIpc) is 2.38. The first kappa shape index (κ1) is 14.0. The molecule has 4 heteroatoms. The number of nitrogens with zero attached hydrogens (tertiary/aromatic N) is 1. The first-order valence-corrected chi connectivity index (χ1v) is 5.96. The van der Waals surface area contributed by atoms with Crippen molar-refractivity contribution in [2.75, 3.05) is 19.6 Å². The highest BCUT2D eigenvalue weighted by molar-refractivity contribution is 5.79. The maximum Gasteiger partial charge on any atom is 0.192 e. The average molecular weight is 247 g/mol.